The topological polar surface area (TPSA) is 63.7 Å². The number of carbonyl (C=O) groups excluding carboxylic acids is 3. The second kappa shape index (κ2) is 7.01. The van der Waals surface area contributed by atoms with E-state index >= 15 is 0 Å². The molecule has 18 heavy (non-hydrogen) atoms. The van der Waals surface area contributed by atoms with Crippen LogP contribution in [-0.4, -0.2) is 36.8 Å². The Morgan fingerprint density at radius 1 is 1.33 bits per heavy atom. The zero-order valence-corrected chi connectivity index (χ0v) is 9.83. The maximum atomic E-state index is 11.7. The van der Waals surface area contributed by atoms with Crippen molar-refractivity contribution in [2.24, 2.45) is 0 Å². The van der Waals surface area contributed by atoms with Gasteiger partial charge < -0.3 is 4.74 Å². The van der Waals surface area contributed by atoms with Gasteiger partial charge in [-0.1, -0.05) is 30.3 Å². The monoisotopic (exact) mass is 246 g/mol. The number of imide groups is 1. The zero-order chi connectivity index (χ0) is 13.4. The molecule has 0 aliphatic rings. The second-order valence-corrected chi connectivity index (χ2v) is 3.28. The zero-order valence-electron chi connectivity index (χ0n) is 9.83. The molecule has 1 radical (unpaired) electrons. The molecule has 0 aromatic heterocycles. The molecule has 93 valence electrons. The van der Waals surface area contributed by atoms with Crippen LogP contribution in [0.25, 0.3) is 6.08 Å². The third-order valence-electron chi connectivity index (χ3n) is 2.10. The van der Waals surface area contributed by atoms with Crippen LogP contribution in [0, 0.1) is 0 Å². The number of carbonyl (C=O) groups is 2. The van der Waals surface area contributed by atoms with Crippen molar-refractivity contribution in [3.63, 3.8) is 0 Å². The van der Waals surface area contributed by atoms with Crippen molar-refractivity contribution in [2.45, 2.75) is 0 Å². The summed E-state index contributed by atoms with van der Waals surface area (Å²) in [4.78, 5) is 33.8. The maximum absolute atomic E-state index is 11.7. The predicted octanol–water partition coefficient (Wildman–Crippen LogP) is 1.40. The van der Waals surface area contributed by atoms with Gasteiger partial charge in [-0.3, -0.25) is 9.59 Å². The normalized spacial score (nSPS) is 10.1. The van der Waals surface area contributed by atoms with Gasteiger partial charge >= 0.3 is 6.09 Å². The Bertz CT molecular complexity index is 453. The maximum Gasteiger partial charge on any atom is 0.416 e. The molecule has 0 unspecified atom stereocenters. The minimum Gasteiger partial charge on any atom is -0.452 e. The number of amides is 2. The Morgan fingerprint density at radius 2 is 2.00 bits per heavy atom. The molecule has 0 heterocycles. The van der Waals surface area contributed by atoms with E-state index in [1.54, 1.807) is 18.2 Å². The number of benzene rings is 1. The third-order valence-corrected chi connectivity index (χ3v) is 2.10. The number of ether oxygens (including phenoxy) is 1. The highest BCUT2D eigenvalue weighted by Gasteiger charge is 2.19. The lowest BCUT2D eigenvalue weighted by atomic mass is 10.2. The molecule has 0 aliphatic heterocycles. The lowest BCUT2D eigenvalue weighted by Gasteiger charge is -2.13. The highest BCUT2D eigenvalue weighted by Crippen LogP contribution is 2.02. The Hall–Kier alpha value is -2.43. The van der Waals surface area contributed by atoms with Gasteiger partial charge in [-0.25, -0.2) is 9.69 Å². The molecule has 5 heteroatoms. The fourth-order valence-electron chi connectivity index (χ4n) is 1.23. The van der Waals surface area contributed by atoms with E-state index in [2.05, 4.69) is 4.74 Å². The highest BCUT2D eigenvalue weighted by molar-refractivity contribution is 6.02. The van der Waals surface area contributed by atoms with E-state index in [0.717, 1.165) is 12.7 Å². The molecule has 1 aromatic rings. The molecule has 0 N–H and O–H groups in total. The average Bonchev–Trinajstić information content (AvgIpc) is 2.42. The van der Waals surface area contributed by atoms with Gasteiger partial charge in [0.1, 0.15) is 0 Å². The van der Waals surface area contributed by atoms with Crippen molar-refractivity contribution in [1.29, 1.82) is 0 Å². The van der Waals surface area contributed by atoms with Crippen molar-refractivity contribution in [3.05, 3.63) is 42.0 Å². The third kappa shape index (κ3) is 3.86. The van der Waals surface area contributed by atoms with E-state index in [9.17, 15) is 14.4 Å². The molecule has 0 bridgehead atoms. The summed E-state index contributed by atoms with van der Waals surface area (Å²) >= 11 is 0. The first-order valence-electron chi connectivity index (χ1n) is 5.16. The lowest BCUT2D eigenvalue weighted by molar-refractivity contribution is -0.123. The molecular formula is C13H12NO4. The first-order chi connectivity index (χ1) is 8.69. The number of methoxy groups -OCH3 is 1. The second-order valence-electron chi connectivity index (χ2n) is 3.28. The molecule has 0 atom stereocenters. The van der Waals surface area contributed by atoms with Crippen LogP contribution in [0.5, 0.6) is 0 Å². The van der Waals surface area contributed by atoms with Gasteiger partial charge in [-0.15, -0.1) is 0 Å². The van der Waals surface area contributed by atoms with E-state index < -0.39 is 18.5 Å². The quantitative estimate of drug-likeness (QED) is 0.753. The van der Waals surface area contributed by atoms with Gasteiger partial charge in [0.05, 0.1) is 13.7 Å². The van der Waals surface area contributed by atoms with Crippen LogP contribution in [0.3, 0.4) is 0 Å². The largest absolute Gasteiger partial charge is 0.452 e. The fraction of sp³-hybridized carbons (Fsp3) is 0.154. The average molecular weight is 246 g/mol. The van der Waals surface area contributed by atoms with Crippen molar-refractivity contribution in [2.75, 3.05) is 13.7 Å². The molecule has 0 saturated heterocycles. The predicted molar refractivity (Wildman–Crippen MR) is 65.3 cm³/mol. The summed E-state index contributed by atoms with van der Waals surface area (Å²) in [7, 11) is 1.13. The van der Waals surface area contributed by atoms with E-state index in [-0.39, 0.29) is 0 Å². The van der Waals surface area contributed by atoms with Crippen molar-refractivity contribution in [3.8, 4) is 0 Å². The summed E-state index contributed by atoms with van der Waals surface area (Å²) in [6.07, 6.45) is 3.34. The van der Waals surface area contributed by atoms with E-state index in [1.165, 1.54) is 12.4 Å². The number of rotatable bonds is 4. The summed E-state index contributed by atoms with van der Waals surface area (Å²) < 4.78 is 4.39. The number of hydrogen-bond donors (Lipinski definition) is 0. The molecule has 0 fully saturated rings. The highest BCUT2D eigenvalue weighted by atomic mass is 16.5. The van der Waals surface area contributed by atoms with Crippen LogP contribution in [0.15, 0.2) is 36.4 Å². The SMILES string of the molecule is COC(=O)N(C[C]=O)C(=O)C=Cc1ccccc1. The smallest absolute Gasteiger partial charge is 0.416 e. The summed E-state index contributed by atoms with van der Waals surface area (Å²) in [5.74, 6) is -0.631. The molecule has 1 rings (SSSR count). The minimum absolute atomic E-state index is 0.454. The standard InChI is InChI=1S/C13H12NO4/c1-18-13(17)14(9-10-15)12(16)8-7-11-5-3-2-4-6-11/h2-8H,9H2,1H3. The molecule has 0 aliphatic carbocycles. The van der Waals surface area contributed by atoms with E-state index in [4.69, 9.17) is 0 Å². The number of hydrogen-bond acceptors (Lipinski definition) is 4. The molecule has 0 spiro atoms. The molecule has 5 nitrogen and oxygen atoms in total. The summed E-state index contributed by atoms with van der Waals surface area (Å²) in [6, 6.07) is 9.10. The van der Waals surface area contributed by atoms with Gasteiger partial charge in [0.2, 0.25) is 6.29 Å². The van der Waals surface area contributed by atoms with Crippen LogP contribution >= 0.6 is 0 Å². The summed E-state index contributed by atoms with van der Waals surface area (Å²) in [5.41, 5.74) is 0.811. The Labute approximate surface area is 105 Å². The number of nitrogens with zero attached hydrogens (tertiary/aromatic N) is 1. The molecule has 1 aromatic carbocycles. The van der Waals surface area contributed by atoms with Crippen molar-refractivity contribution >= 4 is 24.4 Å². The molecule has 2 amide bonds. The van der Waals surface area contributed by atoms with E-state index in [1.807, 2.05) is 18.2 Å². The van der Waals surface area contributed by atoms with Gasteiger partial charge in [0.25, 0.3) is 5.91 Å². The van der Waals surface area contributed by atoms with Gasteiger partial charge in [-0.2, -0.15) is 0 Å². The fourth-order valence-corrected chi connectivity index (χ4v) is 1.23. The summed E-state index contributed by atoms with van der Waals surface area (Å²) in [6.45, 7) is -0.454. The van der Waals surface area contributed by atoms with E-state index in [0.29, 0.717) is 4.90 Å². The first kappa shape index (κ1) is 13.6. The minimum atomic E-state index is -0.888. The van der Waals surface area contributed by atoms with Crippen LogP contribution in [0.1, 0.15) is 5.56 Å². The van der Waals surface area contributed by atoms with Gasteiger partial charge in [0.15, 0.2) is 0 Å². The van der Waals surface area contributed by atoms with Crippen molar-refractivity contribution in [1.82, 2.24) is 4.90 Å². The van der Waals surface area contributed by atoms with Crippen LogP contribution < -0.4 is 0 Å². The first-order valence-corrected chi connectivity index (χ1v) is 5.16. The summed E-state index contributed by atoms with van der Waals surface area (Å²) in [5, 5.41) is 0. The molecular weight excluding hydrogens is 234 g/mol. The molecule has 0 saturated carbocycles. The van der Waals surface area contributed by atoms with Gasteiger partial charge in [0, 0.05) is 6.08 Å². The van der Waals surface area contributed by atoms with Crippen LogP contribution in [0.2, 0.25) is 0 Å². The van der Waals surface area contributed by atoms with Crippen molar-refractivity contribution < 1.29 is 19.1 Å². The van der Waals surface area contributed by atoms with Crippen LogP contribution in [0.4, 0.5) is 4.79 Å². The lowest BCUT2D eigenvalue weighted by Crippen LogP contribution is -2.37. The van der Waals surface area contributed by atoms with Crippen LogP contribution in [-0.2, 0) is 14.3 Å². The Morgan fingerprint density at radius 3 is 2.56 bits per heavy atom. The Balaban J connectivity index is 2.75. The van der Waals surface area contributed by atoms with Gasteiger partial charge in [-0.05, 0) is 11.6 Å². The Kier molecular flexibility index (Phi) is 5.31.